The molecule has 160 valence electrons. The molecule has 1 atom stereocenters. The fraction of sp³-hybridized carbons (Fsp3) is 0.182. The van der Waals surface area contributed by atoms with Crippen LogP contribution in [0.2, 0.25) is 0 Å². The first-order valence-electron chi connectivity index (χ1n) is 9.77. The van der Waals surface area contributed by atoms with Crippen LogP contribution in [0, 0.1) is 5.92 Å². The Hall–Kier alpha value is -3.43. The maximum Gasteiger partial charge on any atom is 0.323 e. The van der Waals surface area contributed by atoms with Crippen molar-refractivity contribution in [2.45, 2.75) is 24.8 Å². The van der Waals surface area contributed by atoms with Gasteiger partial charge in [-0.25, -0.2) is 13.2 Å². The number of aromatic amines is 2. The van der Waals surface area contributed by atoms with Crippen molar-refractivity contribution in [3.63, 3.8) is 0 Å². The Balaban J connectivity index is 1.57. The Morgan fingerprint density at radius 2 is 1.61 bits per heavy atom. The molecule has 0 saturated heterocycles. The summed E-state index contributed by atoms with van der Waals surface area (Å²) in [4.78, 5) is 29.7. The zero-order chi connectivity index (χ0) is 22.2. The molecule has 1 aromatic heterocycles. The molecule has 0 bridgehead atoms. The molecular weight excluding hydrogens is 416 g/mol. The van der Waals surface area contributed by atoms with E-state index in [4.69, 9.17) is 0 Å². The Bertz CT molecular complexity index is 1440. The number of benzene rings is 3. The smallest absolute Gasteiger partial charge is 0.323 e. The van der Waals surface area contributed by atoms with E-state index < -0.39 is 22.0 Å². The van der Waals surface area contributed by atoms with Crippen LogP contribution in [0.3, 0.4) is 0 Å². The molecule has 4 rings (SSSR count). The number of imidazole rings is 1. The lowest BCUT2D eigenvalue weighted by Gasteiger charge is -2.22. The van der Waals surface area contributed by atoms with E-state index in [1.165, 1.54) is 6.07 Å². The van der Waals surface area contributed by atoms with Crippen LogP contribution >= 0.6 is 0 Å². The highest BCUT2D eigenvalue weighted by Gasteiger charge is 2.28. The van der Waals surface area contributed by atoms with E-state index in [1.807, 2.05) is 24.3 Å². The molecule has 3 aromatic carbocycles. The average molecular weight is 439 g/mol. The van der Waals surface area contributed by atoms with Gasteiger partial charge in [-0.2, -0.15) is 4.72 Å². The van der Waals surface area contributed by atoms with E-state index in [1.54, 1.807) is 44.2 Å². The van der Waals surface area contributed by atoms with Gasteiger partial charge in [0, 0.05) is 5.69 Å². The minimum atomic E-state index is -3.93. The van der Waals surface area contributed by atoms with Crippen LogP contribution in [-0.4, -0.2) is 30.3 Å². The summed E-state index contributed by atoms with van der Waals surface area (Å²) >= 11 is 0. The minimum Gasteiger partial charge on any atom is -0.325 e. The maximum atomic E-state index is 13.0. The highest BCUT2D eigenvalue weighted by molar-refractivity contribution is 7.89. The second kappa shape index (κ2) is 8.01. The quantitative estimate of drug-likeness (QED) is 0.369. The summed E-state index contributed by atoms with van der Waals surface area (Å²) < 4.78 is 28.5. The van der Waals surface area contributed by atoms with Crippen molar-refractivity contribution in [2.75, 3.05) is 5.32 Å². The molecule has 8 nitrogen and oxygen atoms in total. The number of carbonyl (C=O) groups excluding carboxylic acids is 1. The van der Waals surface area contributed by atoms with Gasteiger partial charge < -0.3 is 15.3 Å². The Labute approximate surface area is 178 Å². The summed E-state index contributed by atoms with van der Waals surface area (Å²) in [7, 11) is -3.93. The standard InChI is InChI=1S/C22H22N4O4S/c1-13(2)20(21(27)23-16-8-10-18-19(12-16)25-22(28)24-18)26-31(29,30)17-9-7-14-5-3-4-6-15(14)11-17/h3-13,20,26H,1-2H3,(H,23,27)(H2,24,25,28). The topological polar surface area (TPSA) is 124 Å². The zero-order valence-corrected chi connectivity index (χ0v) is 17.8. The first-order valence-corrected chi connectivity index (χ1v) is 11.3. The predicted molar refractivity (Wildman–Crippen MR) is 120 cm³/mol. The summed E-state index contributed by atoms with van der Waals surface area (Å²) in [5.74, 6) is -0.789. The van der Waals surface area contributed by atoms with Gasteiger partial charge in [-0.3, -0.25) is 4.79 Å². The fourth-order valence-electron chi connectivity index (χ4n) is 3.39. The maximum absolute atomic E-state index is 13.0. The molecule has 1 amide bonds. The van der Waals surface area contributed by atoms with Crippen LogP contribution < -0.4 is 15.7 Å². The number of nitrogens with one attached hydrogen (secondary N) is 4. The number of anilines is 1. The predicted octanol–water partition coefficient (Wildman–Crippen LogP) is 2.95. The van der Waals surface area contributed by atoms with Gasteiger partial charge in [-0.05, 0) is 47.0 Å². The van der Waals surface area contributed by atoms with Crippen molar-refractivity contribution < 1.29 is 13.2 Å². The fourth-order valence-corrected chi connectivity index (χ4v) is 4.77. The van der Waals surface area contributed by atoms with Gasteiger partial charge in [-0.15, -0.1) is 0 Å². The molecule has 4 aromatic rings. The number of fused-ring (bicyclic) bond motifs is 2. The van der Waals surface area contributed by atoms with Crippen LogP contribution in [0.5, 0.6) is 0 Å². The Morgan fingerprint density at radius 1 is 0.903 bits per heavy atom. The van der Waals surface area contributed by atoms with E-state index >= 15 is 0 Å². The summed E-state index contributed by atoms with van der Waals surface area (Å²) in [5.41, 5.74) is 1.26. The third kappa shape index (κ3) is 4.37. The summed E-state index contributed by atoms with van der Waals surface area (Å²) in [5, 5.41) is 4.45. The molecule has 0 aliphatic heterocycles. The number of aromatic nitrogens is 2. The second-order valence-corrected chi connectivity index (χ2v) is 9.39. The number of amides is 1. The van der Waals surface area contributed by atoms with Crippen molar-refractivity contribution >= 4 is 43.4 Å². The monoisotopic (exact) mass is 438 g/mol. The lowest BCUT2D eigenvalue weighted by Crippen LogP contribution is -2.47. The van der Waals surface area contributed by atoms with Crippen LogP contribution in [0.4, 0.5) is 5.69 Å². The lowest BCUT2D eigenvalue weighted by atomic mass is 10.0. The zero-order valence-electron chi connectivity index (χ0n) is 17.0. The molecule has 0 aliphatic carbocycles. The van der Waals surface area contributed by atoms with Crippen LogP contribution in [0.25, 0.3) is 21.8 Å². The normalized spacial score (nSPS) is 13.0. The van der Waals surface area contributed by atoms with Gasteiger partial charge in [0.1, 0.15) is 6.04 Å². The number of rotatable bonds is 6. The molecule has 0 saturated carbocycles. The van der Waals surface area contributed by atoms with Crippen molar-refractivity contribution in [1.82, 2.24) is 14.7 Å². The first-order chi connectivity index (χ1) is 14.7. The van der Waals surface area contributed by atoms with Gasteiger partial charge in [0.05, 0.1) is 15.9 Å². The number of hydrogen-bond acceptors (Lipinski definition) is 4. The third-order valence-corrected chi connectivity index (χ3v) is 6.48. The molecule has 9 heteroatoms. The molecule has 1 unspecified atom stereocenters. The Kier molecular flexibility index (Phi) is 5.38. The molecule has 0 aliphatic rings. The van der Waals surface area contributed by atoms with Gasteiger partial charge >= 0.3 is 5.69 Å². The largest absolute Gasteiger partial charge is 0.325 e. The van der Waals surface area contributed by atoms with Crippen molar-refractivity contribution in [3.05, 3.63) is 71.1 Å². The molecular formula is C22H22N4O4S. The third-order valence-electron chi connectivity index (χ3n) is 5.05. The van der Waals surface area contributed by atoms with Crippen molar-refractivity contribution in [3.8, 4) is 0 Å². The van der Waals surface area contributed by atoms with Crippen LogP contribution in [0.1, 0.15) is 13.8 Å². The van der Waals surface area contributed by atoms with Gasteiger partial charge in [-0.1, -0.05) is 44.2 Å². The summed E-state index contributed by atoms with van der Waals surface area (Å²) in [6, 6.07) is 16.2. The number of sulfonamides is 1. The molecule has 31 heavy (non-hydrogen) atoms. The van der Waals surface area contributed by atoms with Crippen molar-refractivity contribution in [2.24, 2.45) is 5.92 Å². The Morgan fingerprint density at radius 3 is 2.35 bits per heavy atom. The molecule has 0 radical (unpaired) electrons. The van der Waals surface area contributed by atoms with Crippen LogP contribution in [0.15, 0.2) is 70.4 Å². The molecule has 4 N–H and O–H groups in total. The SMILES string of the molecule is CC(C)C(NS(=O)(=O)c1ccc2ccccc2c1)C(=O)Nc1ccc2[nH]c(=O)[nH]c2c1. The molecule has 0 spiro atoms. The number of hydrogen-bond donors (Lipinski definition) is 4. The van der Waals surface area contributed by atoms with E-state index in [9.17, 15) is 18.0 Å². The van der Waals surface area contributed by atoms with Gasteiger partial charge in [0.15, 0.2) is 0 Å². The van der Waals surface area contributed by atoms with E-state index in [0.717, 1.165) is 10.8 Å². The average Bonchev–Trinajstić information content (AvgIpc) is 3.10. The summed E-state index contributed by atoms with van der Waals surface area (Å²) in [6.07, 6.45) is 0. The van der Waals surface area contributed by atoms with Gasteiger partial charge in [0.2, 0.25) is 15.9 Å². The number of H-pyrrole nitrogens is 2. The van der Waals surface area contributed by atoms with E-state index in [-0.39, 0.29) is 16.5 Å². The highest BCUT2D eigenvalue weighted by atomic mass is 32.2. The van der Waals surface area contributed by atoms with Crippen molar-refractivity contribution in [1.29, 1.82) is 0 Å². The van der Waals surface area contributed by atoms with E-state index in [2.05, 4.69) is 20.0 Å². The highest BCUT2D eigenvalue weighted by Crippen LogP contribution is 2.21. The lowest BCUT2D eigenvalue weighted by molar-refractivity contribution is -0.118. The molecule has 1 heterocycles. The van der Waals surface area contributed by atoms with E-state index in [0.29, 0.717) is 16.7 Å². The first kappa shape index (κ1) is 20.8. The minimum absolute atomic E-state index is 0.0935. The number of carbonyl (C=O) groups is 1. The molecule has 0 fully saturated rings. The van der Waals surface area contributed by atoms with Gasteiger partial charge in [0.25, 0.3) is 0 Å². The summed E-state index contributed by atoms with van der Waals surface area (Å²) in [6.45, 7) is 3.53. The second-order valence-electron chi connectivity index (χ2n) is 7.68. The van der Waals surface area contributed by atoms with Crippen LogP contribution in [-0.2, 0) is 14.8 Å².